The van der Waals surface area contributed by atoms with E-state index in [9.17, 15) is 0 Å². The van der Waals surface area contributed by atoms with Crippen LogP contribution in [0.2, 0.25) is 0 Å². The number of aromatic nitrogens is 1. The van der Waals surface area contributed by atoms with Crippen LogP contribution in [-0.4, -0.2) is 12.1 Å². The van der Waals surface area contributed by atoms with Crippen molar-refractivity contribution in [3.63, 3.8) is 0 Å². The highest BCUT2D eigenvalue weighted by Gasteiger charge is 2.01. The van der Waals surface area contributed by atoms with Crippen molar-refractivity contribution in [1.82, 2.24) is 4.98 Å². The Bertz CT molecular complexity index is 451. The van der Waals surface area contributed by atoms with Crippen molar-refractivity contribution in [2.45, 2.75) is 0 Å². The molecule has 0 atom stereocenters. The van der Waals surface area contributed by atoms with E-state index < -0.39 is 0 Å². The molecule has 2 N–H and O–H groups in total. The highest BCUT2D eigenvalue weighted by Crippen LogP contribution is 2.25. The van der Waals surface area contributed by atoms with Gasteiger partial charge in [0.15, 0.2) is 0 Å². The molecule has 0 bridgehead atoms. The summed E-state index contributed by atoms with van der Waals surface area (Å²) in [5.74, 6) is 0.605. The van der Waals surface area contributed by atoms with E-state index in [1.807, 2.05) is 36.4 Å². The summed E-state index contributed by atoms with van der Waals surface area (Å²) in [4.78, 5) is 4.14. The molecule has 3 nitrogen and oxygen atoms in total. The van der Waals surface area contributed by atoms with Gasteiger partial charge < -0.3 is 10.5 Å². The summed E-state index contributed by atoms with van der Waals surface area (Å²) in [6.45, 7) is 0. The van der Waals surface area contributed by atoms with E-state index in [0.29, 0.717) is 5.88 Å². The number of para-hydroxylation sites is 1. The van der Waals surface area contributed by atoms with Gasteiger partial charge >= 0.3 is 0 Å². The maximum Gasteiger partial charge on any atom is 0.212 e. The predicted molar refractivity (Wildman–Crippen MR) is 60.6 cm³/mol. The minimum absolute atomic E-state index is 0.605. The molecule has 3 heteroatoms. The third-order valence-corrected chi connectivity index (χ3v) is 2.22. The average molecular weight is 200 g/mol. The van der Waals surface area contributed by atoms with E-state index in [-0.39, 0.29) is 0 Å². The molecule has 1 aromatic carbocycles. The topological polar surface area (TPSA) is 48.1 Å². The molecular formula is C12H12N2O. The minimum Gasteiger partial charge on any atom is -0.481 e. The van der Waals surface area contributed by atoms with Gasteiger partial charge in [-0.05, 0) is 12.1 Å². The number of benzene rings is 1. The fourth-order valence-electron chi connectivity index (χ4n) is 1.42. The molecule has 76 valence electrons. The van der Waals surface area contributed by atoms with Crippen LogP contribution in [0.3, 0.4) is 0 Å². The van der Waals surface area contributed by atoms with E-state index >= 15 is 0 Å². The van der Waals surface area contributed by atoms with Gasteiger partial charge in [-0.2, -0.15) is 0 Å². The van der Waals surface area contributed by atoms with Crippen LogP contribution in [0.15, 0.2) is 42.6 Å². The van der Waals surface area contributed by atoms with Crippen molar-refractivity contribution in [3.05, 3.63) is 42.6 Å². The number of nitrogens with two attached hydrogens (primary N) is 1. The molecule has 0 unspecified atom stereocenters. The molecule has 0 fully saturated rings. The Morgan fingerprint density at radius 3 is 2.53 bits per heavy atom. The number of anilines is 1. The normalized spacial score (nSPS) is 9.93. The molecule has 0 aliphatic carbocycles. The molecule has 2 rings (SSSR count). The fourth-order valence-corrected chi connectivity index (χ4v) is 1.42. The molecule has 0 aliphatic heterocycles. The van der Waals surface area contributed by atoms with E-state index in [1.54, 1.807) is 13.3 Å². The first kappa shape index (κ1) is 9.52. The van der Waals surface area contributed by atoms with Crippen LogP contribution < -0.4 is 10.5 Å². The Morgan fingerprint density at radius 2 is 1.93 bits per heavy atom. The maximum absolute atomic E-state index is 5.86. The van der Waals surface area contributed by atoms with Crippen LogP contribution in [0.5, 0.6) is 5.88 Å². The second-order valence-corrected chi connectivity index (χ2v) is 3.18. The zero-order chi connectivity index (χ0) is 10.7. The molecule has 2 aromatic rings. The Hall–Kier alpha value is -2.03. The van der Waals surface area contributed by atoms with Gasteiger partial charge in [-0.25, -0.2) is 4.98 Å². The number of rotatable bonds is 2. The Labute approximate surface area is 88.5 Å². The van der Waals surface area contributed by atoms with Gasteiger partial charge in [-0.15, -0.1) is 0 Å². The number of nitrogen functional groups attached to an aromatic ring is 1. The number of nitrogens with zero attached hydrogens (tertiary/aromatic N) is 1. The first-order valence-corrected chi connectivity index (χ1v) is 4.66. The first-order valence-electron chi connectivity index (χ1n) is 4.66. The number of ether oxygens (including phenoxy) is 1. The minimum atomic E-state index is 0.605. The Morgan fingerprint density at radius 1 is 1.13 bits per heavy atom. The number of hydrogen-bond donors (Lipinski definition) is 1. The maximum atomic E-state index is 5.86. The standard InChI is InChI=1S/C12H12N2O/c1-15-12-7-6-9(8-14-12)10-4-2-3-5-11(10)13/h2-8H,13H2,1H3. The van der Waals surface area contributed by atoms with Gasteiger partial charge in [0.25, 0.3) is 0 Å². The number of methoxy groups -OCH3 is 1. The summed E-state index contributed by atoms with van der Waals surface area (Å²) < 4.78 is 4.99. The van der Waals surface area contributed by atoms with Gasteiger partial charge in [-0.1, -0.05) is 18.2 Å². The first-order chi connectivity index (χ1) is 7.31. The van der Waals surface area contributed by atoms with Crippen molar-refractivity contribution in [3.8, 4) is 17.0 Å². The lowest BCUT2D eigenvalue weighted by molar-refractivity contribution is 0.398. The third kappa shape index (κ3) is 1.91. The average Bonchev–Trinajstić information content (AvgIpc) is 2.30. The van der Waals surface area contributed by atoms with Gasteiger partial charge in [0.1, 0.15) is 0 Å². The second kappa shape index (κ2) is 4.00. The van der Waals surface area contributed by atoms with Gasteiger partial charge in [0.2, 0.25) is 5.88 Å². The quantitative estimate of drug-likeness (QED) is 0.757. The van der Waals surface area contributed by atoms with Crippen LogP contribution in [0.1, 0.15) is 0 Å². The van der Waals surface area contributed by atoms with E-state index in [1.165, 1.54) is 0 Å². The Balaban J connectivity index is 2.42. The van der Waals surface area contributed by atoms with Crippen LogP contribution in [0.4, 0.5) is 5.69 Å². The Kier molecular flexibility index (Phi) is 2.54. The molecule has 0 radical (unpaired) electrons. The van der Waals surface area contributed by atoms with E-state index in [0.717, 1.165) is 16.8 Å². The molecule has 0 saturated carbocycles. The summed E-state index contributed by atoms with van der Waals surface area (Å²) in [7, 11) is 1.60. The van der Waals surface area contributed by atoms with Gasteiger partial charge in [0, 0.05) is 29.1 Å². The number of hydrogen-bond acceptors (Lipinski definition) is 3. The van der Waals surface area contributed by atoms with E-state index in [4.69, 9.17) is 10.5 Å². The zero-order valence-corrected chi connectivity index (χ0v) is 8.47. The molecule has 1 aromatic heterocycles. The summed E-state index contributed by atoms with van der Waals surface area (Å²) in [5, 5.41) is 0. The monoisotopic (exact) mass is 200 g/mol. The molecule has 0 spiro atoms. The highest BCUT2D eigenvalue weighted by molar-refractivity contribution is 5.75. The lowest BCUT2D eigenvalue weighted by atomic mass is 10.1. The summed E-state index contributed by atoms with van der Waals surface area (Å²) in [6.07, 6.45) is 1.75. The second-order valence-electron chi connectivity index (χ2n) is 3.18. The lowest BCUT2D eigenvalue weighted by Gasteiger charge is -2.05. The largest absolute Gasteiger partial charge is 0.481 e. The van der Waals surface area contributed by atoms with Crippen LogP contribution in [0, 0.1) is 0 Å². The fraction of sp³-hybridized carbons (Fsp3) is 0.0833. The van der Waals surface area contributed by atoms with Gasteiger partial charge in [0.05, 0.1) is 7.11 Å². The van der Waals surface area contributed by atoms with Crippen LogP contribution in [-0.2, 0) is 0 Å². The summed E-state index contributed by atoms with van der Waals surface area (Å²) >= 11 is 0. The SMILES string of the molecule is COc1ccc(-c2ccccc2N)cn1. The van der Waals surface area contributed by atoms with Crippen molar-refractivity contribution in [1.29, 1.82) is 0 Å². The van der Waals surface area contributed by atoms with Gasteiger partial charge in [-0.3, -0.25) is 0 Å². The molecular weight excluding hydrogens is 188 g/mol. The van der Waals surface area contributed by atoms with Crippen molar-refractivity contribution < 1.29 is 4.74 Å². The predicted octanol–water partition coefficient (Wildman–Crippen LogP) is 2.34. The highest BCUT2D eigenvalue weighted by atomic mass is 16.5. The smallest absolute Gasteiger partial charge is 0.212 e. The lowest BCUT2D eigenvalue weighted by Crippen LogP contribution is -1.91. The van der Waals surface area contributed by atoms with Crippen LogP contribution >= 0.6 is 0 Å². The molecule has 0 aliphatic rings. The molecule has 15 heavy (non-hydrogen) atoms. The van der Waals surface area contributed by atoms with Crippen LogP contribution in [0.25, 0.3) is 11.1 Å². The molecule has 0 amide bonds. The third-order valence-electron chi connectivity index (χ3n) is 2.22. The van der Waals surface area contributed by atoms with Crippen molar-refractivity contribution in [2.75, 3.05) is 12.8 Å². The zero-order valence-electron chi connectivity index (χ0n) is 8.47. The summed E-state index contributed by atoms with van der Waals surface area (Å²) in [6, 6.07) is 11.5. The summed E-state index contributed by atoms with van der Waals surface area (Å²) in [5.41, 5.74) is 8.61. The molecule has 0 saturated heterocycles. The van der Waals surface area contributed by atoms with E-state index in [2.05, 4.69) is 4.98 Å². The molecule has 1 heterocycles. The van der Waals surface area contributed by atoms with Crippen molar-refractivity contribution >= 4 is 5.69 Å². The van der Waals surface area contributed by atoms with Crippen molar-refractivity contribution in [2.24, 2.45) is 0 Å². The number of pyridine rings is 1.